The van der Waals surface area contributed by atoms with Crippen molar-refractivity contribution in [3.63, 3.8) is 0 Å². The van der Waals surface area contributed by atoms with Gasteiger partial charge in [-0.05, 0) is 61.4 Å². The molecular weight excluding hydrogens is 354 g/mol. The predicted octanol–water partition coefficient (Wildman–Crippen LogP) is 3.74. The lowest BCUT2D eigenvalue weighted by atomic mass is 9.85. The topological polar surface area (TPSA) is 36.4 Å². The molecule has 2 aromatic rings. The van der Waals surface area contributed by atoms with Crippen LogP contribution in [0.4, 0.5) is 0 Å². The van der Waals surface area contributed by atoms with Crippen LogP contribution in [0, 0.1) is 5.92 Å². The fourth-order valence-corrected chi connectivity index (χ4v) is 6.06. The van der Waals surface area contributed by atoms with Gasteiger partial charge in [0.2, 0.25) is 5.91 Å². The van der Waals surface area contributed by atoms with E-state index in [0.29, 0.717) is 24.4 Å². The number of hydrogen-bond acceptors (Lipinski definition) is 4. The van der Waals surface area contributed by atoms with Crippen LogP contribution in [-0.2, 0) is 11.3 Å². The number of aromatic nitrogens is 1. The molecule has 0 radical (unpaired) electrons. The van der Waals surface area contributed by atoms with E-state index in [-0.39, 0.29) is 5.54 Å². The Balaban J connectivity index is 1.43. The third-order valence-corrected chi connectivity index (χ3v) is 7.43. The monoisotopic (exact) mass is 379 g/mol. The van der Waals surface area contributed by atoms with Gasteiger partial charge in [0.15, 0.2) is 0 Å². The quantitative estimate of drug-likeness (QED) is 0.759. The summed E-state index contributed by atoms with van der Waals surface area (Å²) in [4.78, 5) is 23.7. The van der Waals surface area contributed by atoms with Crippen LogP contribution in [-0.4, -0.2) is 45.6 Å². The minimum atomic E-state index is -0.262. The predicted molar refractivity (Wildman–Crippen MR) is 107 cm³/mol. The number of benzene rings is 1. The van der Waals surface area contributed by atoms with E-state index in [9.17, 15) is 4.79 Å². The van der Waals surface area contributed by atoms with Crippen molar-refractivity contribution in [3.8, 4) is 0 Å². The van der Waals surface area contributed by atoms with Crippen LogP contribution >= 0.6 is 11.8 Å². The van der Waals surface area contributed by atoms with Crippen molar-refractivity contribution in [2.75, 3.05) is 19.3 Å². The summed E-state index contributed by atoms with van der Waals surface area (Å²) < 4.78 is 0. The molecule has 3 atom stereocenters. The Bertz CT molecular complexity index is 858. The summed E-state index contributed by atoms with van der Waals surface area (Å²) in [5.41, 5.74) is 2.24. The molecule has 0 N–H and O–H groups in total. The van der Waals surface area contributed by atoms with Crippen LogP contribution in [0.5, 0.6) is 0 Å². The molecule has 4 nitrogen and oxygen atoms in total. The lowest BCUT2D eigenvalue weighted by Crippen LogP contribution is -2.49. The van der Waals surface area contributed by atoms with Gasteiger partial charge in [-0.15, -0.1) is 11.8 Å². The normalized spacial score (nSPS) is 30.0. The van der Waals surface area contributed by atoms with Gasteiger partial charge in [0.25, 0.3) is 0 Å². The first-order valence-electron chi connectivity index (χ1n) is 9.81. The van der Waals surface area contributed by atoms with Crippen LogP contribution in [0.15, 0.2) is 53.7 Å². The molecule has 5 heteroatoms. The minimum Gasteiger partial charge on any atom is -0.336 e. The van der Waals surface area contributed by atoms with Gasteiger partial charge in [0.05, 0.1) is 0 Å². The van der Waals surface area contributed by atoms with Crippen molar-refractivity contribution in [2.45, 2.75) is 42.3 Å². The van der Waals surface area contributed by atoms with Gasteiger partial charge in [-0.1, -0.05) is 18.2 Å². The van der Waals surface area contributed by atoms with Crippen molar-refractivity contribution in [1.29, 1.82) is 0 Å². The number of carbonyl (C=O) groups excluding carboxylic acids is 1. The lowest BCUT2D eigenvalue weighted by molar-refractivity contribution is -0.137. The highest BCUT2D eigenvalue weighted by molar-refractivity contribution is 7.98. The Kier molecular flexibility index (Phi) is 4.25. The number of carbonyl (C=O) groups is 1. The van der Waals surface area contributed by atoms with E-state index in [4.69, 9.17) is 0 Å². The molecular formula is C22H25N3OS. The van der Waals surface area contributed by atoms with Gasteiger partial charge in [-0.2, -0.15) is 0 Å². The second-order valence-electron chi connectivity index (χ2n) is 7.99. The number of rotatable bonds is 4. The Morgan fingerprint density at radius 2 is 2.22 bits per heavy atom. The first kappa shape index (κ1) is 17.3. The van der Waals surface area contributed by atoms with Crippen LogP contribution in [0.25, 0.3) is 0 Å². The molecule has 1 aromatic heterocycles. The van der Waals surface area contributed by atoms with E-state index >= 15 is 0 Å². The third-order valence-electron chi connectivity index (χ3n) is 6.70. The largest absolute Gasteiger partial charge is 0.336 e. The van der Waals surface area contributed by atoms with Crippen molar-refractivity contribution in [2.24, 2.45) is 5.92 Å². The minimum absolute atomic E-state index is 0.262. The SMILES string of the molecule is CSc1cccc([C@@H]2C[C@H]3CN(Cc4cccnc4)C(=O)[C@]34CCCN24)c1. The Labute approximate surface area is 165 Å². The second kappa shape index (κ2) is 6.64. The Hall–Kier alpha value is -1.85. The highest BCUT2D eigenvalue weighted by atomic mass is 32.2. The zero-order valence-corrected chi connectivity index (χ0v) is 16.5. The number of hydrogen-bond donors (Lipinski definition) is 0. The maximum absolute atomic E-state index is 13.6. The molecule has 4 heterocycles. The van der Waals surface area contributed by atoms with E-state index < -0.39 is 0 Å². The molecule has 1 amide bonds. The second-order valence-corrected chi connectivity index (χ2v) is 8.87. The van der Waals surface area contributed by atoms with Gasteiger partial charge in [-0.25, -0.2) is 0 Å². The molecule has 5 rings (SSSR count). The molecule has 3 aliphatic heterocycles. The highest BCUT2D eigenvalue weighted by Gasteiger charge is 2.65. The summed E-state index contributed by atoms with van der Waals surface area (Å²) in [7, 11) is 0. The average Bonchev–Trinajstić information content (AvgIpc) is 3.34. The number of pyridine rings is 1. The fraction of sp³-hybridized carbons (Fsp3) is 0.455. The molecule has 0 saturated carbocycles. The lowest BCUT2D eigenvalue weighted by Gasteiger charge is -2.33. The zero-order valence-electron chi connectivity index (χ0n) is 15.7. The van der Waals surface area contributed by atoms with Crippen LogP contribution in [0.2, 0.25) is 0 Å². The molecule has 1 aromatic carbocycles. The number of amides is 1. The molecule has 0 aliphatic carbocycles. The first-order valence-corrected chi connectivity index (χ1v) is 11.0. The van der Waals surface area contributed by atoms with E-state index in [1.807, 2.05) is 12.3 Å². The molecule has 3 aliphatic rings. The molecule has 1 spiro atoms. The highest BCUT2D eigenvalue weighted by Crippen LogP contribution is 2.56. The molecule has 0 unspecified atom stereocenters. The van der Waals surface area contributed by atoms with Crippen LogP contribution < -0.4 is 0 Å². The molecule has 0 bridgehead atoms. The summed E-state index contributed by atoms with van der Waals surface area (Å²) in [6.45, 7) is 2.60. The van der Waals surface area contributed by atoms with E-state index in [1.54, 1.807) is 18.0 Å². The standard InChI is InChI=1S/C22H25N3OS/c1-27-19-7-2-6-17(11-19)20-12-18-15-24(14-16-5-3-9-23-13-16)21(26)22(18)8-4-10-25(20)22/h2-3,5-7,9,11,13,18,20H,4,8,10,12,14-15H2,1H3/t18-,20-,22-/m0/s1. The van der Waals surface area contributed by atoms with E-state index in [2.05, 4.69) is 51.4 Å². The first-order chi connectivity index (χ1) is 13.2. The van der Waals surface area contributed by atoms with Crippen LogP contribution in [0.1, 0.15) is 36.4 Å². The maximum atomic E-state index is 13.6. The number of likely N-dealkylation sites (tertiary alicyclic amines) is 1. The van der Waals surface area contributed by atoms with E-state index in [0.717, 1.165) is 37.9 Å². The molecule has 140 valence electrons. The average molecular weight is 380 g/mol. The van der Waals surface area contributed by atoms with Crippen LogP contribution in [0.3, 0.4) is 0 Å². The number of thioether (sulfide) groups is 1. The van der Waals surface area contributed by atoms with Gasteiger partial charge in [-0.3, -0.25) is 14.7 Å². The Morgan fingerprint density at radius 1 is 1.30 bits per heavy atom. The van der Waals surface area contributed by atoms with Crippen molar-refractivity contribution in [1.82, 2.24) is 14.8 Å². The van der Waals surface area contributed by atoms with Gasteiger partial charge < -0.3 is 4.90 Å². The molecule has 3 fully saturated rings. The third kappa shape index (κ3) is 2.63. The smallest absolute Gasteiger partial charge is 0.243 e. The summed E-state index contributed by atoms with van der Waals surface area (Å²) in [5, 5.41) is 0. The van der Waals surface area contributed by atoms with Gasteiger partial charge in [0.1, 0.15) is 5.54 Å². The van der Waals surface area contributed by atoms with Crippen molar-refractivity contribution >= 4 is 17.7 Å². The maximum Gasteiger partial charge on any atom is 0.243 e. The molecule has 3 saturated heterocycles. The Morgan fingerprint density at radius 3 is 3.04 bits per heavy atom. The summed E-state index contributed by atoms with van der Waals surface area (Å²) in [6.07, 6.45) is 9.02. The van der Waals surface area contributed by atoms with Gasteiger partial charge in [0, 0.05) is 42.3 Å². The number of nitrogens with zero attached hydrogens (tertiary/aromatic N) is 3. The zero-order chi connectivity index (χ0) is 18.4. The molecule has 27 heavy (non-hydrogen) atoms. The van der Waals surface area contributed by atoms with Crippen molar-refractivity contribution < 1.29 is 4.79 Å². The fourth-order valence-electron chi connectivity index (χ4n) is 5.59. The van der Waals surface area contributed by atoms with E-state index in [1.165, 1.54) is 10.5 Å². The van der Waals surface area contributed by atoms with Crippen molar-refractivity contribution in [3.05, 3.63) is 59.9 Å². The summed E-state index contributed by atoms with van der Waals surface area (Å²) in [6, 6.07) is 13.3. The van der Waals surface area contributed by atoms with Gasteiger partial charge >= 0.3 is 0 Å². The summed E-state index contributed by atoms with van der Waals surface area (Å²) >= 11 is 1.79. The summed E-state index contributed by atoms with van der Waals surface area (Å²) in [5.74, 6) is 0.782.